The van der Waals surface area contributed by atoms with E-state index in [9.17, 15) is 14.7 Å². The first-order valence-electron chi connectivity index (χ1n) is 8.04. The Balaban J connectivity index is 2.42. The first kappa shape index (κ1) is 18.7. The minimum Gasteiger partial charge on any atom is -0.505 e. The Morgan fingerprint density at radius 3 is 2.64 bits per heavy atom. The number of benzene rings is 1. The van der Waals surface area contributed by atoms with Crippen LogP contribution in [0.2, 0.25) is 0 Å². The number of hydrogen-bond acceptors (Lipinski definition) is 6. The van der Waals surface area contributed by atoms with Gasteiger partial charge in [0, 0.05) is 17.3 Å². The number of carbonyl (C=O) groups excluding carboxylic acids is 2. The first-order chi connectivity index (χ1) is 11.8. The Morgan fingerprint density at radius 1 is 1.28 bits per heavy atom. The van der Waals surface area contributed by atoms with E-state index in [0.29, 0.717) is 17.6 Å². The topological polar surface area (TPSA) is 91.8 Å². The van der Waals surface area contributed by atoms with Crippen LogP contribution in [-0.4, -0.2) is 54.1 Å². The second-order valence-electron chi connectivity index (χ2n) is 6.03. The van der Waals surface area contributed by atoms with Crippen LogP contribution in [0.25, 0.3) is 10.8 Å². The molecule has 2 N–H and O–H groups in total. The fourth-order valence-corrected chi connectivity index (χ4v) is 2.51. The fraction of sp³-hybridized carbons (Fsp3) is 0.389. The highest BCUT2D eigenvalue weighted by Gasteiger charge is 2.20. The van der Waals surface area contributed by atoms with Gasteiger partial charge in [0.2, 0.25) is 0 Å². The summed E-state index contributed by atoms with van der Waals surface area (Å²) in [4.78, 5) is 30.0. The highest BCUT2D eigenvalue weighted by Crippen LogP contribution is 2.30. The molecule has 0 fully saturated rings. The Bertz CT molecular complexity index is 802. The van der Waals surface area contributed by atoms with E-state index in [2.05, 4.69) is 10.3 Å². The summed E-state index contributed by atoms with van der Waals surface area (Å²) in [5.74, 6) is -1.35. The molecule has 0 saturated heterocycles. The summed E-state index contributed by atoms with van der Waals surface area (Å²) >= 11 is 0. The van der Waals surface area contributed by atoms with Gasteiger partial charge in [-0.25, -0.2) is 4.98 Å². The largest absolute Gasteiger partial charge is 0.505 e. The molecule has 1 aromatic heterocycles. The first-order valence-corrected chi connectivity index (χ1v) is 8.04. The molecule has 0 aliphatic carbocycles. The predicted molar refractivity (Wildman–Crippen MR) is 94.5 cm³/mol. The van der Waals surface area contributed by atoms with Gasteiger partial charge in [-0.3, -0.25) is 9.59 Å². The summed E-state index contributed by atoms with van der Waals surface area (Å²) < 4.78 is 4.77. The number of aryl methyl sites for hydroxylation is 1. The van der Waals surface area contributed by atoms with E-state index in [-0.39, 0.29) is 24.6 Å². The van der Waals surface area contributed by atoms with E-state index in [4.69, 9.17) is 4.74 Å². The predicted octanol–water partition coefficient (Wildman–Crippen LogP) is 1.60. The Kier molecular flexibility index (Phi) is 5.93. The molecule has 0 spiro atoms. The van der Waals surface area contributed by atoms with Crippen molar-refractivity contribution < 1.29 is 19.4 Å². The van der Waals surface area contributed by atoms with Crippen molar-refractivity contribution in [3.05, 3.63) is 35.2 Å². The van der Waals surface area contributed by atoms with Gasteiger partial charge in [0.15, 0.2) is 11.4 Å². The zero-order valence-corrected chi connectivity index (χ0v) is 14.9. The van der Waals surface area contributed by atoms with Crippen molar-refractivity contribution in [3.8, 4) is 5.75 Å². The molecule has 0 bridgehead atoms. The second kappa shape index (κ2) is 7.94. The van der Waals surface area contributed by atoms with Crippen molar-refractivity contribution in [2.45, 2.75) is 20.4 Å². The van der Waals surface area contributed by atoms with Crippen LogP contribution in [-0.2, 0) is 16.1 Å². The highest BCUT2D eigenvalue weighted by molar-refractivity contribution is 6.03. The molecule has 2 aromatic rings. The number of hydrogen-bond donors (Lipinski definition) is 2. The quantitative estimate of drug-likeness (QED) is 0.773. The molecule has 134 valence electrons. The lowest BCUT2D eigenvalue weighted by atomic mass is 10.0. The molecule has 1 heterocycles. The molecule has 0 atom stereocenters. The van der Waals surface area contributed by atoms with Crippen LogP contribution in [0.1, 0.15) is 28.7 Å². The lowest BCUT2D eigenvalue weighted by Gasteiger charge is -2.15. The van der Waals surface area contributed by atoms with Gasteiger partial charge in [0.05, 0.1) is 12.3 Å². The normalized spacial score (nSPS) is 10.9. The number of carbonyl (C=O) groups is 2. The van der Waals surface area contributed by atoms with Crippen molar-refractivity contribution in [2.24, 2.45) is 0 Å². The highest BCUT2D eigenvalue weighted by atomic mass is 16.5. The van der Waals surface area contributed by atoms with Crippen LogP contribution in [0.3, 0.4) is 0 Å². The van der Waals surface area contributed by atoms with Crippen LogP contribution in [0.15, 0.2) is 18.2 Å². The fourth-order valence-electron chi connectivity index (χ4n) is 2.51. The smallest absolute Gasteiger partial charge is 0.325 e. The Morgan fingerprint density at radius 2 is 2.00 bits per heavy atom. The Hall–Kier alpha value is -2.67. The maximum absolute atomic E-state index is 12.4. The summed E-state index contributed by atoms with van der Waals surface area (Å²) in [5.41, 5.74) is 1.62. The van der Waals surface area contributed by atoms with Crippen LogP contribution >= 0.6 is 0 Å². The number of ether oxygens (including phenoxy) is 1. The summed E-state index contributed by atoms with van der Waals surface area (Å²) in [6, 6.07) is 5.56. The molecule has 7 heteroatoms. The van der Waals surface area contributed by atoms with Crippen LogP contribution in [0, 0.1) is 6.92 Å². The van der Waals surface area contributed by atoms with Crippen LogP contribution in [0.4, 0.5) is 0 Å². The van der Waals surface area contributed by atoms with Crippen molar-refractivity contribution in [2.75, 3.05) is 27.2 Å². The number of fused-ring (bicyclic) bond motifs is 1. The standard InChI is InChI=1S/C18H23N3O4/c1-5-25-15(22)9-19-18(24)16-17(23)12-7-6-11(2)8-13(12)14(20-16)10-21(3)4/h6-8,23H,5,9-10H2,1-4H3,(H,19,24). The van der Waals surface area contributed by atoms with Crippen molar-refractivity contribution >= 4 is 22.6 Å². The molecule has 0 radical (unpaired) electrons. The third-order valence-electron chi connectivity index (χ3n) is 3.59. The van der Waals surface area contributed by atoms with Gasteiger partial charge >= 0.3 is 5.97 Å². The van der Waals surface area contributed by atoms with Crippen molar-refractivity contribution in [1.82, 2.24) is 15.2 Å². The molecular formula is C18H23N3O4. The molecule has 0 aliphatic rings. The monoisotopic (exact) mass is 345 g/mol. The molecule has 7 nitrogen and oxygen atoms in total. The number of aromatic hydroxyl groups is 1. The van der Waals surface area contributed by atoms with Gasteiger partial charge in [0.25, 0.3) is 5.91 Å². The van der Waals surface area contributed by atoms with E-state index in [1.165, 1.54) is 0 Å². The number of rotatable bonds is 6. The molecule has 2 rings (SSSR count). The number of amides is 1. The van der Waals surface area contributed by atoms with E-state index >= 15 is 0 Å². The second-order valence-corrected chi connectivity index (χ2v) is 6.03. The van der Waals surface area contributed by atoms with Gasteiger partial charge in [-0.05, 0) is 34.0 Å². The molecule has 0 saturated carbocycles. The summed E-state index contributed by atoms with van der Waals surface area (Å²) in [7, 11) is 3.80. The summed E-state index contributed by atoms with van der Waals surface area (Å²) in [6.45, 7) is 4.11. The average molecular weight is 345 g/mol. The van der Waals surface area contributed by atoms with Crippen molar-refractivity contribution in [3.63, 3.8) is 0 Å². The molecule has 1 aromatic carbocycles. The van der Waals surface area contributed by atoms with Gasteiger partial charge in [-0.2, -0.15) is 0 Å². The Labute approximate surface area is 146 Å². The van der Waals surface area contributed by atoms with E-state index in [1.807, 2.05) is 38.1 Å². The van der Waals surface area contributed by atoms with E-state index in [1.54, 1.807) is 13.0 Å². The number of aromatic nitrogens is 1. The van der Waals surface area contributed by atoms with Gasteiger partial charge in [0.1, 0.15) is 6.54 Å². The molecule has 0 aliphatic heterocycles. The maximum Gasteiger partial charge on any atom is 0.325 e. The molecule has 25 heavy (non-hydrogen) atoms. The maximum atomic E-state index is 12.4. The zero-order valence-electron chi connectivity index (χ0n) is 14.9. The minimum absolute atomic E-state index is 0.0995. The third kappa shape index (κ3) is 4.45. The minimum atomic E-state index is -0.618. The van der Waals surface area contributed by atoms with E-state index < -0.39 is 11.9 Å². The van der Waals surface area contributed by atoms with Crippen LogP contribution in [0.5, 0.6) is 5.75 Å². The lowest BCUT2D eigenvalue weighted by molar-refractivity contribution is -0.141. The zero-order chi connectivity index (χ0) is 18.6. The SMILES string of the molecule is CCOC(=O)CNC(=O)c1nc(CN(C)C)c2cc(C)ccc2c1O. The third-order valence-corrected chi connectivity index (χ3v) is 3.59. The molecule has 1 amide bonds. The lowest BCUT2D eigenvalue weighted by Crippen LogP contribution is -2.31. The van der Waals surface area contributed by atoms with Gasteiger partial charge < -0.3 is 20.1 Å². The van der Waals surface area contributed by atoms with Gasteiger partial charge in [-0.15, -0.1) is 0 Å². The van der Waals surface area contributed by atoms with Crippen LogP contribution < -0.4 is 5.32 Å². The summed E-state index contributed by atoms with van der Waals surface area (Å²) in [6.07, 6.45) is 0. The number of esters is 1. The van der Waals surface area contributed by atoms with E-state index in [0.717, 1.165) is 10.9 Å². The average Bonchev–Trinajstić information content (AvgIpc) is 2.55. The molecule has 0 unspecified atom stereocenters. The number of pyridine rings is 1. The summed E-state index contributed by atoms with van der Waals surface area (Å²) in [5, 5.41) is 14.3. The number of nitrogens with one attached hydrogen (secondary N) is 1. The molecular weight excluding hydrogens is 322 g/mol. The van der Waals surface area contributed by atoms with Gasteiger partial charge in [-0.1, -0.05) is 17.7 Å². The number of nitrogens with zero attached hydrogens (tertiary/aromatic N) is 2. The van der Waals surface area contributed by atoms with Crippen molar-refractivity contribution in [1.29, 1.82) is 0 Å².